The molecule has 5 nitrogen and oxygen atoms in total. The smallest absolute Gasteiger partial charge is 0.191 e. The fraction of sp³-hybridized carbons (Fsp3) is 0.737. The van der Waals surface area contributed by atoms with Gasteiger partial charge in [-0.25, -0.2) is 0 Å². The quantitative estimate of drug-likeness (QED) is 0.577. The second kappa shape index (κ2) is 9.01. The lowest BCUT2D eigenvalue weighted by Gasteiger charge is -2.28. The van der Waals surface area contributed by atoms with E-state index >= 15 is 0 Å². The molecule has 1 aromatic heterocycles. The third kappa shape index (κ3) is 5.19. The lowest BCUT2D eigenvalue weighted by atomic mass is 10.0. The van der Waals surface area contributed by atoms with Crippen molar-refractivity contribution in [3.63, 3.8) is 0 Å². The van der Waals surface area contributed by atoms with Crippen molar-refractivity contribution in [3.05, 3.63) is 22.4 Å². The van der Waals surface area contributed by atoms with Gasteiger partial charge < -0.3 is 15.4 Å². The maximum atomic E-state index is 5.87. The first-order valence-electron chi connectivity index (χ1n) is 9.64. The van der Waals surface area contributed by atoms with E-state index in [0.717, 1.165) is 45.0 Å². The number of hydrogen-bond acceptors (Lipinski definition) is 4. The first-order valence-corrected chi connectivity index (χ1v) is 10.5. The Hall–Kier alpha value is -1.11. The van der Waals surface area contributed by atoms with E-state index in [0.29, 0.717) is 6.04 Å². The molecule has 2 saturated heterocycles. The van der Waals surface area contributed by atoms with Gasteiger partial charge in [-0.3, -0.25) is 9.89 Å². The number of thiophene rings is 1. The predicted molar refractivity (Wildman–Crippen MR) is 105 cm³/mol. The maximum absolute atomic E-state index is 5.87. The van der Waals surface area contributed by atoms with E-state index in [2.05, 4.69) is 46.9 Å². The molecule has 0 bridgehead atoms. The molecule has 2 aliphatic rings. The summed E-state index contributed by atoms with van der Waals surface area (Å²) < 4.78 is 5.87. The van der Waals surface area contributed by atoms with Gasteiger partial charge in [0.2, 0.25) is 0 Å². The normalized spacial score (nSPS) is 26.1. The van der Waals surface area contributed by atoms with Crippen LogP contribution in [-0.4, -0.2) is 55.8 Å². The summed E-state index contributed by atoms with van der Waals surface area (Å²) in [6, 6.07) is 4.85. The third-order valence-corrected chi connectivity index (χ3v) is 6.11. The van der Waals surface area contributed by atoms with Crippen molar-refractivity contribution in [1.82, 2.24) is 15.5 Å². The number of guanidine groups is 1. The average Bonchev–Trinajstić information content (AvgIpc) is 3.36. The largest absolute Gasteiger partial charge is 0.373 e. The van der Waals surface area contributed by atoms with Crippen molar-refractivity contribution in [3.8, 4) is 0 Å². The van der Waals surface area contributed by atoms with Crippen molar-refractivity contribution < 1.29 is 4.74 Å². The molecule has 0 aromatic carbocycles. The highest BCUT2D eigenvalue weighted by Crippen LogP contribution is 2.28. The summed E-state index contributed by atoms with van der Waals surface area (Å²) in [4.78, 5) is 8.84. The number of ether oxygens (including phenoxy) is 1. The van der Waals surface area contributed by atoms with Crippen molar-refractivity contribution in [2.75, 3.05) is 39.3 Å². The Morgan fingerprint density at radius 3 is 2.84 bits per heavy atom. The molecule has 2 fully saturated rings. The summed E-state index contributed by atoms with van der Waals surface area (Å²) in [5.74, 6) is 0.903. The minimum absolute atomic E-state index is 0.0928. The van der Waals surface area contributed by atoms with Crippen LogP contribution in [0.1, 0.15) is 50.4 Å². The average molecular weight is 365 g/mol. The van der Waals surface area contributed by atoms with Crippen LogP contribution in [0.3, 0.4) is 0 Å². The molecular formula is C19H32N4OS. The first-order chi connectivity index (χ1) is 12.2. The van der Waals surface area contributed by atoms with Crippen molar-refractivity contribution in [2.45, 2.75) is 51.2 Å². The molecule has 0 saturated carbocycles. The van der Waals surface area contributed by atoms with Gasteiger partial charge in [0.05, 0.1) is 18.2 Å². The fourth-order valence-corrected chi connectivity index (χ4v) is 4.55. The van der Waals surface area contributed by atoms with Crippen LogP contribution in [-0.2, 0) is 4.74 Å². The van der Waals surface area contributed by atoms with Crippen LogP contribution < -0.4 is 10.6 Å². The number of rotatable bonds is 7. The third-order valence-electron chi connectivity index (χ3n) is 5.13. The van der Waals surface area contributed by atoms with Crippen molar-refractivity contribution >= 4 is 17.3 Å². The maximum Gasteiger partial charge on any atom is 0.191 e. The van der Waals surface area contributed by atoms with E-state index in [-0.39, 0.29) is 5.60 Å². The first kappa shape index (κ1) is 18.7. The van der Waals surface area contributed by atoms with Gasteiger partial charge in [-0.1, -0.05) is 6.07 Å². The summed E-state index contributed by atoms with van der Waals surface area (Å²) in [7, 11) is 0. The van der Waals surface area contributed by atoms with Crippen LogP contribution in [0.4, 0.5) is 0 Å². The van der Waals surface area contributed by atoms with Gasteiger partial charge in [0.15, 0.2) is 5.96 Å². The molecule has 2 N–H and O–H groups in total. The topological polar surface area (TPSA) is 48.9 Å². The van der Waals surface area contributed by atoms with Crippen molar-refractivity contribution in [1.29, 1.82) is 0 Å². The molecule has 0 radical (unpaired) electrons. The Balaban J connectivity index is 1.61. The lowest BCUT2D eigenvalue weighted by Crippen LogP contribution is -2.43. The van der Waals surface area contributed by atoms with Gasteiger partial charge in [0, 0.05) is 24.6 Å². The molecule has 2 atom stereocenters. The number of nitrogens with one attached hydrogen (secondary N) is 2. The van der Waals surface area contributed by atoms with Crippen LogP contribution in [0.25, 0.3) is 0 Å². The van der Waals surface area contributed by atoms with E-state index in [4.69, 9.17) is 9.73 Å². The molecular weight excluding hydrogens is 332 g/mol. The highest BCUT2D eigenvalue weighted by atomic mass is 32.1. The molecule has 3 heterocycles. The number of aliphatic imine (C=N–C) groups is 1. The minimum atomic E-state index is -0.0928. The molecule has 0 spiro atoms. The Morgan fingerprint density at radius 1 is 1.36 bits per heavy atom. The van der Waals surface area contributed by atoms with E-state index in [1.807, 2.05) is 11.3 Å². The number of hydrogen-bond donors (Lipinski definition) is 2. The monoisotopic (exact) mass is 364 g/mol. The lowest BCUT2D eigenvalue weighted by molar-refractivity contribution is 0.0283. The van der Waals surface area contributed by atoms with Gasteiger partial charge in [0.1, 0.15) is 0 Å². The Morgan fingerprint density at radius 2 is 2.20 bits per heavy atom. The van der Waals surface area contributed by atoms with E-state index < -0.39 is 0 Å². The van der Waals surface area contributed by atoms with Crippen LogP contribution >= 0.6 is 11.3 Å². The summed E-state index contributed by atoms with van der Waals surface area (Å²) >= 11 is 1.85. The molecule has 2 unspecified atom stereocenters. The Bertz CT molecular complexity index is 534. The zero-order chi connectivity index (χ0) is 17.5. The van der Waals surface area contributed by atoms with E-state index in [1.54, 1.807) is 0 Å². The molecule has 0 aliphatic carbocycles. The van der Waals surface area contributed by atoms with Gasteiger partial charge in [-0.05, 0) is 64.1 Å². The van der Waals surface area contributed by atoms with Crippen molar-refractivity contribution in [2.24, 2.45) is 4.99 Å². The zero-order valence-corrected chi connectivity index (χ0v) is 16.4. The van der Waals surface area contributed by atoms with Gasteiger partial charge in [-0.15, -0.1) is 11.3 Å². The van der Waals surface area contributed by atoms with Crippen LogP contribution in [0.2, 0.25) is 0 Å². The number of likely N-dealkylation sites (tertiary alicyclic amines) is 1. The molecule has 25 heavy (non-hydrogen) atoms. The summed E-state index contributed by atoms with van der Waals surface area (Å²) in [5.41, 5.74) is -0.0928. The highest BCUT2D eigenvalue weighted by Gasteiger charge is 2.29. The second-order valence-corrected chi connectivity index (χ2v) is 8.23. The fourth-order valence-electron chi connectivity index (χ4n) is 3.69. The molecule has 0 amide bonds. The molecule has 6 heteroatoms. The summed E-state index contributed by atoms with van der Waals surface area (Å²) in [6.07, 6.45) is 4.87. The second-order valence-electron chi connectivity index (χ2n) is 7.25. The van der Waals surface area contributed by atoms with Crippen LogP contribution in [0.15, 0.2) is 22.5 Å². The molecule has 3 rings (SSSR count). The highest BCUT2D eigenvalue weighted by molar-refractivity contribution is 7.10. The van der Waals surface area contributed by atoms with E-state index in [9.17, 15) is 0 Å². The molecule has 1 aromatic rings. The zero-order valence-electron chi connectivity index (χ0n) is 15.6. The van der Waals surface area contributed by atoms with E-state index in [1.165, 1.54) is 30.8 Å². The Labute approximate surface area is 155 Å². The van der Waals surface area contributed by atoms with Crippen LogP contribution in [0, 0.1) is 0 Å². The SMILES string of the molecule is CCNC(=NCC1(C)CCCO1)NCC(c1cccs1)N1CCCC1. The van der Waals surface area contributed by atoms with Crippen LogP contribution in [0.5, 0.6) is 0 Å². The van der Waals surface area contributed by atoms with Gasteiger partial charge in [-0.2, -0.15) is 0 Å². The standard InChI is InChI=1S/C19H32N4OS/c1-3-20-18(22-15-19(2)9-7-12-24-19)21-14-16(17-8-6-13-25-17)23-10-4-5-11-23/h6,8,13,16H,3-5,7,9-12,14-15H2,1-2H3,(H2,20,21,22). The van der Waals surface area contributed by atoms with Gasteiger partial charge in [0.25, 0.3) is 0 Å². The molecule has 140 valence electrons. The minimum Gasteiger partial charge on any atom is -0.373 e. The predicted octanol–water partition coefficient (Wildman–Crippen LogP) is 3.01. The Kier molecular flexibility index (Phi) is 6.73. The van der Waals surface area contributed by atoms with Gasteiger partial charge >= 0.3 is 0 Å². The number of nitrogens with zero attached hydrogens (tertiary/aromatic N) is 2. The summed E-state index contributed by atoms with van der Waals surface area (Å²) in [6.45, 7) is 10.0. The summed E-state index contributed by atoms with van der Waals surface area (Å²) in [5, 5.41) is 9.14. The molecule has 2 aliphatic heterocycles.